The quantitative estimate of drug-likeness (QED) is 0.919. The van der Waals surface area contributed by atoms with Crippen LogP contribution in [0.2, 0.25) is 10.0 Å². The standard InChI is InChI=1S/C16H16Cl2N2O3/c17-11-4-12-14(21)10(8-23-15(12)13(18)5-11)7-20-3-1-2-9(6-20)16(19)22/h4-5,8-9H,1-3,6-7H2,(H2,19,22). The molecular weight excluding hydrogens is 339 g/mol. The number of primary amides is 1. The Kier molecular flexibility index (Phi) is 4.62. The van der Waals surface area contributed by atoms with Crippen molar-refractivity contribution in [3.63, 3.8) is 0 Å². The fraction of sp³-hybridized carbons (Fsp3) is 0.375. The van der Waals surface area contributed by atoms with Gasteiger partial charge in [-0.05, 0) is 31.5 Å². The number of benzene rings is 1. The van der Waals surface area contributed by atoms with E-state index < -0.39 is 0 Å². The zero-order valence-corrected chi connectivity index (χ0v) is 13.9. The van der Waals surface area contributed by atoms with Crippen LogP contribution in [0, 0.1) is 5.92 Å². The first kappa shape index (κ1) is 16.3. The lowest BCUT2D eigenvalue weighted by Crippen LogP contribution is -2.41. The van der Waals surface area contributed by atoms with Gasteiger partial charge in [0.2, 0.25) is 5.91 Å². The van der Waals surface area contributed by atoms with Crippen LogP contribution in [0.5, 0.6) is 0 Å². The van der Waals surface area contributed by atoms with Crippen molar-refractivity contribution >= 4 is 40.1 Å². The summed E-state index contributed by atoms with van der Waals surface area (Å²) < 4.78 is 5.52. The summed E-state index contributed by atoms with van der Waals surface area (Å²) in [5.74, 6) is -0.459. The lowest BCUT2D eigenvalue weighted by molar-refractivity contribution is -0.123. The van der Waals surface area contributed by atoms with E-state index >= 15 is 0 Å². The van der Waals surface area contributed by atoms with Gasteiger partial charge in [-0.15, -0.1) is 0 Å². The van der Waals surface area contributed by atoms with Gasteiger partial charge in [0.1, 0.15) is 0 Å². The first-order valence-corrected chi connectivity index (χ1v) is 8.12. The average molecular weight is 355 g/mol. The highest BCUT2D eigenvalue weighted by Crippen LogP contribution is 2.26. The van der Waals surface area contributed by atoms with Crippen molar-refractivity contribution in [2.45, 2.75) is 19.4 Å². The molecule has 2 aromatic rings. The molecule has 1 saturated heterocycles. The van der Waals surface area contributed by atoms with Gasteiger partial charge in [0.25, 0.3) is 0 Å². The van der Waals surface area contributed by atoms with E-state index in [0.717, 1.165) is 19.4 Å². The van der Waals surface area contributed by atoms with E-state index in [1.165, 1.54) is 12.3 Å². The van der Waals surface area contributed by atoms with Gasteiger partial charge in [0.05, 0.1) is 22.6 Å². The predicted octanol–water partition coefficient (Wildman–Crippen LogP) is 2.80. The maximum atomic E-state index is 12.6. The topological polar surface area (TPSA) is 76.5 Å². The van der Waals surface area contributed by atoms with Gasteiger partial charge in [-0.2, -0.15) is 0 Å². The van der Waals surface area contributed by atoms with Crippen molar-refractivity contribution in [1.29, 1.82) is 0 Å². The largest absolute Gasteiger partial charge is 0.462 e. The van der Waals surface area contributed by atoms with E-state index in [0.29, 0.717) is 39.7 Å². The number of likely N-dealkylation sites (tertiary alicyclic amines) is 1. The van der Waals surface area contributed by atoms with E-state index in [2.05, 4.69) is 0 Å². The monoisotopic (exact) mass is 354 g/mol. The van der Waals surface area contributed by atoms with Crippen LogP contribution in [-0.2, 0) is 11.3 Å². The molecule has 1 fully saturated rings. The van der Waals surface area contributed by atoms with E-state index in [9.17, 15) is 9.59 Å². The van der Waals surface area contributed by atoms with Crippen molar-refractivity contribution in [2.75, 3.05) is 13.1 Å². The number of rotatable bonds is 3. The number of piperidine rings is 1. The zero-order valence-electron chi connectivity index (χ0n) is 12.4. The van der Waals surface area contributed by atoms with Crippen molar-refractivity contribution in [1.82, 2.24) is 4.90 Å². The van der Waals surface area contributed by atoms with Crippen LogP contribution in [0.4, 0.5) is 0 Å². The van der Waals surface area contributed by atoms with Crippen molar-refractivity contribution in [3.8, 4) is 0 Å². The zero-order chi connectivity index (χ0) is 16.6. The maximum absolute atomic E-state index is 12.6. The molecule has 1 aliphatic rings. The normalized spacial score (nSPS) is 19.1. The van der Waals surface area contributed by atoms with Gasteiger partial charge in [0, 0.05) is 23.7 Å². The Hall–Kier alpha value is -1.56. The van der Waals surface area contributed by atoms with Crippen LogP contribution in [0.25, 0.3) is 11.0 Å². The Balaban J connectivity index is 1.90. The van der Waals surface area contributed by atoms with Crippen LogP contribution in [-0.4, -0.2) is 23.9 Å². The van der Waals surface area contributed by atoms with Crippen LogP contribution in [0.1, 0.15) is 18.4 Å². The maximum Gasteiger partial charge on any atom is 0.221 e. The summed E-state index contributed by atoms with van der Waals surface area (Å²) in [4.78, 5) is 26.0. The van der Waals surface area contributed by atoms with Crippen molar-refractivity contribution in [3.05, 3.63) is 44.2 Å². The van der Waals surface area contributed by atoms with Crippen LogP contribution in [0.15, 0.2) is 27.6 Å². The second-order valence-corrected chi connectivity index (χ2v) is 6.67. The number of amides is 1. The van der Waals surface area contributed by atoms with Crippen molar-refractivity contribution in [2.24, 2.45) is 11.7 Å². The molecule has 0 bridgehead atoms. The lowest BCUT2D eigenvalue weighted by atomic mass is 9.97. The van der Waals surface area contributed by atoms with E-state index in [1.807, 2.05) is 4.90 Å². The molecule has 1 aromatic heterocycles. The number of hydrogen-bond acceptors (Lipinski definition) is 4. The van der Waals surface area contributed by atoms with E-state index in [1.54, 1.807) is 6.07 Å². The summed E-state index contributed by atoms with van der Waals surface area (Å²) in [5, 5.41) is 1.06. The minimum atomic E-state index is -0.293. The lowest BCUT2D eigenvalue weighted by Gasteiger charge is -2.30. The summed E-state index contributed by atoms with van der Waals surface area (Å²) in [5.41, 5.74) is 6.08. The minimum absolute atomic E-state index is 0.156. The Morgan fingerprint density at radius 1 is 1.39 bits per heavy atom. The molecule has 1 unspecified atom stereocenters. The van der Waals surface area contributed by atoms with Gasteiger partial charge in [-0.3, -0.25) is 14.5 Å². The highest BCUT2D eigenvalue weighted by atomic mass is 35.5. The van der Waals surface area contributed by atoms with Gasteiger partial charge < -0.3 is 10.2 Å². The molecule has 3 rings (SSSR count). The summed E-state index contributed by atoms with van der Waals surface area (Å²) in [6, 6.07) is 3.09. The Morgan fingerprint density at radius 2 is 2.17 bits per heavy atom. The van der Waals surface area contributed by atoms with Gasteiger partial charge in [0.15, 0.2) is 11.0 Å². The smallest absolute Gasteiger partial charge is 0.221 e. The first-order valence-electron chi connectivity index (χ1n) is 7.37. The number of nitrogens with zero attached hydrogens (tertiary/aromatic N) is 1. The minimum Gasteiger partial charge on any atom is -0.462 e. The number of halogens is 2. The molecule has 2 N–H and O–H groups in total. The van der Waals surface area contributed by atoms with Gasteiger partial charge in [-0.1, -0.05) is 23.2 Å². The summed E-state index contributed by atoms with van der Waals surface area (Å²) >= 11 is 12.0. The predicted molar refractivity (Wildman–Crippen MR) is 89.7 cm³/mol. The molecule has 0 spiro atoms. The highest BCUT2D eigenvalue weighted by Gasteiger charge is 2.24. The third kappa shape index (κ3) is 3.37. The molecule has 1 amide bonds. The average Bonchev–Trinajstić information content (AvgIpc) is 2.51. The second kappa shape index (κ2) is 6.51. The fourth-order valence-corrected chi connectivity index (χ4v) is 3.52. The molecule has 5 nitrogen and oxygen atoms in total. The molecule has 122 valence electrons. The Labute approximate surface area is 142 Å². The van der Waals surface area contributed by atoms with Gasteiger partial charge >= 0.3 is 0 Å². The van der Waals surface area contributed by atoms with Crippen LogP contribution in [0.3, 0.4) is 0 Å². The molecule has 2 heterocycles. The summed E-state index contributed by atoms with van der Waals surface area (Å²) in [7, 11) is 0. The molecule has 1 atom stereocenters. The molecule has 0 aliphatic carbocycles. The summed E-state index contributed by atoms with van der Waals surface area (Å²) in [6.45, 7) is 1.78. The summed E-state index contributed by atoms with van der Waals surface area (Å²) in [6.07, 6.45) is 3.10. The van der Waals surface area contributed by atoms with Gasteiger partial charge in [-0.25, -0.2) is 0 Å². The fourth-order valence-electron chi connectivity index (χ4n) is 2.99. The molecule has 0 saturated carbocycles. The highest BCUT2D eigenvalue weighted by molar-refractivity contribution is 6.38. The van der Waals surface area contributed by atoms with Crippen LogP contribution < -0.4 is 11.2 Å². The Bertz CT molecular complexity index is 819. The first-order chi connectivity index (χ1) is 11.0. The number of carbonyl (C=O) groups excluding carboxylic acids is 1. The van der Waals surface area contributed by atoms with E-state index in [4.69, 9.17) is 33.4 Å². The molecule has 7 heteroatoms. The van der Waals surface area contributed by atoms with Crippen LogP contribution >= 0.6 is 23.2 Å². The van der Waals surface area contributed by atoms with E-state index in [-0.39, 0.29) is 17.3 Å². The molecule has 1 aromatic carbocycles. The molecule has 23 heavy (non-hydrogen) atoms. The van der Waals surface area contributed by atoms with Crippen molar-refractivity contribution < 1.29 is 9.21 Å². The number of hydrogen-bond donors (Lipinski definition) is 1. The number of fused-ring (bicyclic) bond motifs is 1. The number of carbonyl (C=O) groups is 1. The second-order valence-electron chi connectivity index (χ2n) is 5.83. The third-order valence-electron chi connectivity index (χ3n) is 4.17. The number of nitrogens with two attached hydrogens (primary N) is 1. The third-order valence-corrected chi connectivity index (χ3v) is 4.66. The molecule has 0 radical (unpaired) electrons. The molecular formula is C16H16Cl2N2O3. The Morgan fingerprint density at radius 3 is 2.91 bits per heavy atom. The molecule has 1 aliphatic heterocycles. The SMILES string of the molecule is NC(=O)C1CCCN(Cc2coc3c(Cl)cc(Cl)cc3c2=O)C1.